The summed E-state index contributed by atoms with van der Waals surface area (Å²) >= 11 is 0. The minimum Gasteiger partial charge on any atom is -0.491 e. The van der Waals surface area contributed by atoms with Gasteiger partial charge in [-0.05, 0) is 25.0 Å². The van der Waals surface area contributed by atoms with E-state index in [0.717, 1.165) is 18.9 Å². The maximum absolute atomic E-state index is 5.85. The number of rotatable bonds is 0. The highest BCUT2D eigenvalue weighted by Crippen LogP contribution is 2.49. The molecule has 1 fully saturated rings. The fraction of sp³-hybridized carbons (Fsp3) is 0.500. The molecule has 0 amide bonds. The third kappa shape index (κ3) is 1.17. The van der Waals surface area contributed by atoms with E-state index < -0.39 is 0 Å². The van der Waals surface area contributed by atoms with E-state index in [1.807, 2.05) is 6.07 Å². The average molecular weight is 189 g/mol. The van der Waals surface area contributed by atoms with Gasteiger partial charge in [-0.1, -0.05) is 12.1 Å². The summed E-state index contributed by atoms with van der Waals surface area (Å²) in [6, 6.07) is 8.31. The van der Waals surface area contributed by atoms with Crippen molar-refractivity contribution in [3.63, 3.8) is 0 Å². The molecule has 1 aliphatic heterocycles. The van der Waals surface area contributed by atoms with Crippen LogP contribution in [0.5, 0.6) is 5.75 Å². The van der Waals surface area contributed by atoms with Crippen LogP contribution in [0.4, 0.5) is 5.69 Å². The van der Waals surface area contributed by atoms with Crippen molar-refractivity contribution in [1.82, 2.24) is 0 Å². The molecule has 1 aliphatic carbocycles. The molecule has 0 bridgehead atoms. The van der Waals surface area contributed by atoms with Crippen molar-refractivity contribution in [2.24, 2.45) is 5.41 Å². The van der Waals surface area contributed by atoms with E-state index >= 15 is 0 Å². The van der Waals surface area contributed by atoms with Crippen molar-refractivity contribution in [3.8, 4) is 5.75 Å². The van der Waals surface area contributed by atoms with Gasteiger partial charge in [0.15, 0.2) is 0 Å². The van der Waals surface area contributed by atoms with Gasteiger partial charge in [-0.15, -0.1) is 0 Å². The SMILES string of the molecule is CN1CC2(CC2)COc2ccccc21. The van der Waals surface area contributed by atoms with Crippen LogP contribution >= 0.6 is 0 Å². The van der Waals surface area contributed by atoms with Crippen LogP contribution in [0.2, 0.25) is 0 Å². The molecule has 14 heavy (non-hydrogen) atoms. The molecule has 0 saturated heterocycles. The second kappa shape index (κ2) is 2.66. The predicted octanol–water partition coefficient (Wildman–Crippen LogP) is 2.30. The maximum Gasteiger partial charge on any atom is 0.142 e. The van der Waals surface area contributed by atoms with Crippen LogP contribution in [-0.4, -0.2) is 20.2 Å². The molecule has 1 aromatic carbocycles. The van der Waals surface area contributed by atoms with Gasteiger partial charge in [0, 0.05) is 19.0 Å². The van der Waals surface area contributed by atoms with Crippen LogP contribution in [0.1, 0.15) is 12.8 Å². The maximum atomic E-state index is 5.85. The van der Waals surface area contributed by atoms with Gasteiger partial charge in [-0.3, -0.25) is 0 Å². The molecule has 0 unspecified atom stereocenters. The van der Waals surface area contributed by atoms with Crippen molar-refractivity contribution >= 4 is 5.69 Å². The van der Waals surface area contributed by atoms with E-state index in [1.54, 1.807) is 0 Å². The van der Waals surface area contributed by atoms with Crippen LogP contribution < -0.4 is 9.64 Å². The molecule has 2 nitrogen and oxygen atoms in total. The van der Waals surface area contributed by atoms with Crippen LogP contribution in [0.3, 0.4) is 0 Å². The first kappa shape index (κ1) is 8.16. The largest absolute Gasteiger partial charge is 0.491 e. The number of hydrogen-bond acceptors (Lipinski definition) is 2. The van der Waals surface area contributed by atoms with Crippen LogP contribution in [0, 0.1) is 5.41 Å². The van der Waals surface area contributed by atoms with E-state index in [0.29, 0.717) is 5.41 Å². The highest BCUT2D eigenvalue weighted by atomic mass is 16.5. The van der Waals surface area contributed by atoms with Crippen molar-refractivity contribution in [2.75, 3.05) is 25.1 Å². The molecule has 0 aromatic heterocycles. The molecule has 1 heterocycles. The summed E-state index contributed by atoms with van der Waals surface area (Å²) in [5.41, 5.74) is 1.70. The predicted molar refractivity (Wildman–Crippen MR) is 56.9 cm³/mol. The second-order valence-corrected chi connectivity index (χ2v) is 4.61. The Morgan fingerprint density at radius 1 is 1.29 bits per heavy atom. The monoisotopic (exact) mass is 189 g/mol. The minimum atomic E-state index is 0.466. The average Bonchev–Trinajstić information content (AvgIpc) is 2.97. The Morgan fingerprint density at radius 3 is 2.86 bits per heavy atom. The third-order valence-electron chi connectivity index (χ3n) is 3.34. The summed E-state index contributed by atoms with van der Waals surface area (Å²) in [6.45, 7) is 2.04. The quantitative estimate of drug-likeness (QED) is 0.621. The number of anilines is 1. The zero-order valence-electron chi connectivity index (χ0n) is 8.49. The fourth-order valence-corrected chi connectivity index (χ4v) is 2.24. The molecule has 74 valence electrons. The van der Waals surface area contributed by atoms with Crippen molar-refractivity contribution in [1.29, 1.82) is 0 Å². The molecular weight excluding hydrogens is 174 g/mol. The molecule has 1 saturated carbocycles. The van der Waals surface area contributed by atoms with Gasteiger partial charge in [0.25, 0.3) is 0 Å². The Hall–Kier alpha value is -1.18. The topological polar surface area (TPSA) is 12.5 Å². The Balaban J connectivity index is 1.98. The highest BCUT2D eigenvalue weighted by molar-refractivity contribution is 5.58. The Bertz CT molecular complexity index is 357. The molecule has 1 spiro atoms. The first-order valence-electron chi connectivity index (χ1n) is 5.22. The van der Waals surface area contributed by atoms with Crippen LogP contribution in [0.15, 0.2) is 24.3 Å². The Kier molecular flexibility index (Phi) is 1.55. The zero-order chi connectivity index (χ0) is 9.60. The molecule has 0 N–H and O–H groups in total. The number of benzene rings is 1. The molecule has 0 atom stereocenters. The van der Waals surface area contributed by atoms with Gasteiger partial charge in [0.2, 0.25) is 0 Å². The van der Waals surface area contributed by atoms with E-state index in [4.69, 9.17) is 4.74 Å². The lowest BCUT2D eigenvalue weighted by Crippen LogP contribution is -2.27. The molecule has 0 radical (unpaired) electrons. The Labute approximate surface area is 84.5 Å². The molecule has 3 rings (SSSR count). The summed E-state index contributed by atoms with van der Waals surface area (Å²) < 4.78 is 5.85. The first-order valence-corrected chi connectivity index (χ1v) is 5.22. The van der Waals surface area contributed by atoms with E-state index in [1.165, 1.54) is 18.5 Å². The van der Waals surface area contributed by atoms with Gasteiger partial charge in [-0.25, -0.2) is 0 Å². The normalized spacial score (nSPS) is 22.5. The highest BCUT2D eigenvalue weighted by Gasteiger charge is 2.46. The lowest BCUT2D eigenvalue weighted by Gasteiger charge is -2.20. The van der Waals surface area contributed by atoms with Crippen LogP contribution in [0.25, 0.3) is 0 Å². The fourth-order valence-electron chi connectivity index (χ4n) is 2.24. The summed E-state index contributed by atoms with van der Waals surface area (Å²) in [4.78, 5) is 2.33. The number of hydrogen-bond donors (Lipinski definition) is 0. The lowest BCUT2D eigenvalue weighted by molar-refractivity contribution is 0.249. The van der Waals surface area contributed by atoms with Crippen LogP contribution in [-0.2, 0) is 0 Å². The van der Waals surface area contributed by atoms with Gasteiger partial charge in [-0.2, -0.15) is 0 Å². The minimum absolute atomic E-state index is 0.466. The van der Waals surface area contributed by atoms with E-state index in [-0.39, 0.29) is 0 Å². The first-order chi connectivity index (χ1) is 6.79. The number of para-hydroxylation sites is 2. The van der Waals surface area contributed by atoms with Gasteiger partial charge in [0.05, 0.1) is 12.3 Å². The number of nitrogens with zero attached hydrogens (tertiary/aromatic N) is 1. The lowest BCUT2D eigenvalue weighted by atomic mass is 10.1. The summed E-state index contributed by atoms with van der Waals surface area (Å²) in [7, 11) is 2.16. The van der Waals surface area contributed by atoms with Gasteiger partial charge >= 0.3 is 0 Å². The van der Waals surface area contributed by atoms with E-state index in [9.17, 15) is 0 Å². The standard InChI is InChI=1S/C12H15NO/c1-13-8-12(6-7-12)9-14-11-5-3-2-4-10(11)13/h2-5H,6-9H2,1H3. The van der Waals surface area contributed by atoms with Crippen molar-refractivity contribution in [2.45, 2.75) is 12.8 Å². The van der Waals surface area contributed by atoms with Crippen molar-refractivity contribution < 1.29 is 4.74 Å². The molecule has 2 heteroatoms. The summed E-state index contributed by atoms with van der Waals surface area (Å²) in [5, 5.41) is 0. The molecule has 2 aliphatic rings. The Morgan fingerprint density at radius 2 is 2.07 bits per heavy atom. The number of ether oxygens (including phenoxy) is 1. The molecular formula is C12H15NO. The molecule has 1 aromatic rings. The third-order valence-corrected chi connectivity index (χ3v) is 3.34. The summed E-state index contributed by atoms with van der Waals surface area (Å²) in [6.07, 6.45) is 2.65. The zero-order valence-corrected chi connectivity index (χ0v) is 8.49. The smallest absolute Gasteiger partial charge is 0.142 e. The van der Waals surface area contributed by atoms with E-state index in [2.05, 4.69) is 30.1 Å². The second-order valence-electron chi connectivity index (χ2n) is 4.61. The van der Waals surface area contributed by atoms with Gasteiger partial charge in [0.1, 0.15) is 5.75 Å². The van der Waals surface area contributed by atoms with Crippen molar-refractivity contribution in [3.05, 3.63) is 24.3 Å². The van der Waals surface area contributed by atoms with Gasteiger partial charge < -0.3 is 9.64 Å². The number of fused-ring (bicyclic) bond motifs is 1. The summed E-state index contributed by atoms with van der Waals surface area (Å²) in [5.74, 6) is 1.04.